The molecule has 0 aliphatic carbocycles. The normalized spacial score (nSPS) is 21.8. The van der Waals surface area contributed by atoms with E-state index in [2.05, 4.69) is 10.0 Å². The Morgan fingerprint density at radius 2 is 2.04 bits per heavy atom. The summed E-state index contributed by atoms with van der Waals surface area (Å²) >= 11 is 0. The first-order valence-electron chi connectivity index (χ1n) is 8.81. The number of carbonyl (C=O) groups is 1. The van der Waals surface area contributed by atoms with Crippen LogP contribution in [0, 0.1) is 0 Å². The Morgan fingerprint density at radius 3 is 2.77 bits per heavy atom. The molecule has 8 nitrogen and oxygen atoms in total. The monoisotopic (exact) mass is 383 g/mol. The number of ether oxygens (including phenoxy) is 2. The molecule has 2 heterocycles. The zero-order valence-corrected chi connectivity index (χ0v) is 15.8. The molecule has 1 amide bonds. The molecular formula is C17H25N3O5S. The molecule has 26 heavy (non-hydrogen) atoms. The molecule has 2 aliphatic rings. The zero-order chi connectivity index (χ0) is 18.7. The lowest BCUT2D eigenvalue weighted by molar-refractivity contribution is -0.133. The third kappa shape index (κ3) is 4.28. The molecule has 0 radical (unpaired) electrons. The molecule has 1 aromatic carbocycles. The summed E-state index contributed by atoms with van der Waals surface area (Å²) in [6.07, 6.45) is 0.740. The summed E-state index contributed by atoms with van der Waals surface area (Å²) in [5, 5.41) is 3.26. The number of rotatable bonds is 4. The summed E-state index contributed by atoms with van der Waals surface area (Å²) in [6, 6.07) is 3.83. The van der Waals surface area contributed by atoms with Crippen molar-refractivity contribution >= 4 is 15.9 Å². The Kier molecular flexibility index (Phi) is 5.69. The number of carbonyl (C=O) groups excluding carboxylic acids is 1. The van der Waals surface area contributed by atoms with Crippen LogP contribution in [-0.2, 0) is 14.8 Å². The van der Waals surface area contributed by atoms with Gasteiger partial charge in [-0.3, -0.25) is 4.79 Å². The van der Waals surface area contributed by atoms with Crippen LogP contribution in [0.4, 0.5) is 0 Å². The molecule has 2 aliphatic heterocycles. The van der Waals surface area contributed by atoms with Crippen LogP contribution in [0.2, 0.25) is 0 Å². The molecule has 0 spiro atoms. The number of nitrogens with zero attached hydrogens (tertiary/aromatic N) is 1. The molecule has 0 bridgehead atoms. The number of hydrogen-bond acceptors (Lipinski definition) is 6. The summed E-state index contributed by atoms with van der Waals surface area (Å²) in [4.78, 5) is 14.3. The average Bonchev–Trinajstić information content (AvgIpc) is 2.85. The van der Waals surface area contributed by atoms with Gasteiger partial charge in [0.15, 0.2) is 11.5 Å². The summed E-state index contributed by atoms with van der Waals surface area (Å²) in [5.41, 5.74) is 0. The van der Waals surface area contributed by atoms with Crippen LogP contribution in [0.3, 0.4) is 0 Å². The SMILES string of the molecule is CC1CN(C(=O)C(C)NS(=O)(=O)c2ccc3c(c2)OCCCO3)CCN1. The van der Waals surface area contributed by atoms with Crippen molar-refractivity contribution in [3.63, 3.8) is 0 Å². The second-order valence-electron chi connectivity index (χ2n) is 6.64. The molecule has 0 aromatic heterocycles. The van der Waals surface area contributed by atoms with Gasteiger partial charge in [0, 0.05) is 38.2 Å². The van der Waals surface area contributed by atoms with Gasteiger partial charge < -0.3 is 19.7 Å². The number of benzene rings is 1. The first-order valence-corrected chi connectivity index (χ1v) is 10.3. The fourth-order valence-electron chi connectivity index (χ4n) is 3.07. The second kappa shape index (κ2) is 7.81. The van der Waals surface area contributed by atoms with Crippen molar-refractivity contribution < 1.29 is 22.7 Å². The molecule has 0 saturated carbocycles. The molecule has 3 rings (SSSR count). The summed E-state index contributed by atoms with van der Waals surface area (Å²) < 4.78 is 38.9. The first kappa shape index (κ1) is 18.9. The minimum absolute atomic E-state index is 0.0510. The summed E-state index contributed by atoms with van der Waals surface area (Å²) in [6.45, 7) is 6.40. The first-order chi connectivity index (χ1) is 12.4. The molecule has 1 fully saturated rings. The van der Waals surface area contributed by atoms with Crippen LogP contribution < -0.4 is 19.5 Å². The van der Waals surface area contributed by atoms with Gasteiger partial charge in [0.25, 0.3) is 0 Å². The van der Waals surface area contributed by atoms with Crippen LogP contribution in [0.15, 0.2) is 23.1 Å². The van der Waals surface area contributed by atoms with Crippen LogP contribution in [-0.4, -0.2) is 64.2 Å². The Balaban J connectivity index is 1.72. The number of piperazine rings is 1. The van der Waals surface area contributed by atoms with E-state index in [0.717, 1.165) is 6.42 Å². The van der Waals surface area contributed by atoms with Crippen LogP contribution >= 0.6 is 0 Å². The highest BCUT2D eigenvalue weighted by Crippen LogP contribution is 2.31. The minimum atomic E-state index is -3.85. The number of sulfonamides is 1. The lowest BCUT2D eigenvalue weighted by Crippen LogP contribution is -2.55. The van der Waals surface area contributed by atoms with Gasteiger partial charge in [0.1, 0.15) is 0 Å². The predicted molar refractivity (Wildman–Crippen MR) is 95.9 cm³/mol. The van der Waals surface area contributed by atoms with Crippen LogP contribution in [0.1, 0.15) is 20.3 Å². The van der Waals surface area contributed by atoms with E-state index in [1.807, 2.05) is 6.92 Å². The molecule has 1 saturated heterocycles. The number of amides is 1. The van der Waals surface area contributed by atoms with Crippen LogP contribution in [0.25, 0.3) is 0 Å². The summed E-state index contributed by atoms with van der Waals surface area (Å²) in [7, 11) is -3.85. The van der Waals surface area contributed by atoms with Crippen molar-refractivity contribution in [2.75, 3.05) is 32.8 Å². The fourth-order valence-corrected chi connectivity index (χ4v) is 4.28. The van der Waals surface area contributed by atoms with Gasteiger partial charge in [-0.25, -0.2) is 8.42 Å². The standard InChI is InChI=1S/C17H25N3O5S/c1-12-11-20(7-6-18-12)17(21)13(2)19-26(22,23)14-4-5-15-16(10-14)25-9-3-8-24-15/h4-5,10,12-13,18-19H,3,6-9,11H2,1-2H3. The van der Waals surface area contributed by atoms with E-state index < -0.39 is 16.1 Å². The highest BCUT2D eigenvalue weighted by atomic mass is 32.2. The molecule has 2 N–H and O–H groups in total. The van der Waals surface area contributed by atoms with Gasteiger partial charge in [-0.15, -0.1) is 0 Å². The van der Waals surface area contributed by atoms with Gasteiger partial charge in [0.2, 0.25) is 15.9 Å². The van der Waals surface area contributed by atoms with Crippen molar-refractivity contribution in [2.24, 2.45) is 0 Å². The van der Waals surface area contributed by atoms with E-state index in [1.165, 1.54) is 12.1 Å². The van der Waals surface area contributed by atoms with Gasteiger partial charge >= 0.3 is 0 Å². The Morgan fingerprint density at radius 1 is 1.31 bits per heavy atom. The zero-order valence-electron chi connectivity index (χ0n) is 15.0. The van der Waals surface area contributed by atoms with E-state index in [9.17, 15) is 13.2 Å². The van der Waals surface area contributed by atoms with E-state index in [-0.39, 0.29) is 16.8 Å². The number of nitrogens with one attached hydrogen (secondary N) is 2. The third-order valence-corrected chi connectivity index (χ3v) is 5.95. The fraction of sp³-hybridized carbons (Fsp3) is 0.588. The summed E-state index contributed by atoms with van der Waals surface area (Å²) in [5.74, 6) is 0.705. The van der Waals surface area contributed by atoms with Crippen molar-refractivity contribution in [3.05, 3.63) is 18.2 Å². The maximum absolute atomic E-state index is 12.7. The topological polar surface area (TPSA) is 97.0 Å². The average molecular weight is 383 g/mol. The molecule has 2 atom stereocenters. The molecule has 2 unspecified atom stereocenters. The van der Waals surface area contributed by atoms with Crippen molar-refractivity contribution in [1.82, 2.24) is 14.9 Å². The lowest BCUT2D eigenvalue weighted by atomic mass is 10.2. The predicted octanol–water partition coefficient (Wildman–Crippen LogP) is 0.335. The largest absolute Gasteiger partial charge is 0.490 e. The number of hydrogen-bond donors (Lipinski definition) is 2. The van der Waals surface area contributed by atoms with Gasteiger partial charge in [-0.05, 0) is 26.0 Å². The smallest absolute Gasteiger partial charge is 0.241 e. The molecule has 1 aromatic rings. The highest BCUT2D eigenvalue weighted by Gasteiger charge is 2.28. The van der Waals surface area contributed by atoms with Crippen molar-refractivity contribution in [2.45, 2.75) is 37.2 Å². The minimum Gasteiger partial charge on any atom is -0.490 e. The maximum atomic E-state index is 12.7. The Bertz CT molecular complexity index is 768. The van der Waals surface area contributed by atoms with E-state index in [0.29, 0.717) is 44.3 Å². The third-order valence-electron chi connectivity index (χ3n) is 4.41. The highest BCUT2D eigenvalue weighted by molar-refractivity contribution is 7.89. The second-order valence-corrected chi connectivity index (χ2v) is 8.36. The lowest BCUT2D eigenvalue weighted by Gasteiger charge is -2.33. The maximum Gasteiger partial charge on any atom is 0.241 e. The van der Waals surface area contributed by atoms with E-state index in [4.69, 9.17) is 9.47 Å². The number of fused-ring (bicyclic) bond motifs is 1. The quantitative estimate of drug-likeness (QED) is 0.778. The Labute approximate surface area is 153 Å². The van der Waals surface area contributed by atoms with Gasteiger partial charge in [-0.1, -0.05) is 0 Å². The van der Waals surface area contributed by atoms with Gasteiger partial charge in [0.05, 0.1) is 24.2 Å². The van der Waals surface area contributed by atoms with E-state index >= 15 is 0 Å². The molecule has 9 heteroatoms. The molecular weight excluding hydrogens is 358 g/mol. The Hall–Kier alpha value is -1.84. The molecule has 144 valence electrons. The van der Waals surface area contributed by atoms with Gasteiger partial charge in [-0.2, -0.15) is 4.72 Å². The van der Waals surface area contributed by atoms with Crippen LogP contribution in [0.5, 0.6) is 11.5 Å². The van der Waals surface area contributed by atoms with Crippen molar-refractivity contribution in [1.29, 1.82) is 0 Å². The van der Waals surface area contributed by atoms with E-state index in [1.54, 1.807) is 17.9 Å². The van der Waals surface area contributed by atoms with Crippen molar-refractivity contribution in [3.8, 4) is 11.5 Å².